The van der Waals surface area contributed by atoms with Crippen molar-refractivity contribution in [3.8, 4) is 6.07 Å². The first-order valence-corrected chi connectivity index (χ1v) is 10.4. The quantitative estimate of drug-likeness (QED) is 0.542. The summed E-state index contributed by atoms with van der Waals surface area (Å²) in [6.07, 6.45) is 2.35. The Morgan fingerprint density at radius 3 is 2.59 bits per heavy atom. The highest BCUT2D eigenvalue weighted by Crippen LogP contribution is 2.14. The lowest BCUT2D eigenvalue weighted by Crippen LogP contribution is -2.28. The number of hydrogen-bond acceptors (Lipinski definition) is 6. The van der Waals surface area contributed by atoms with Gasteiger partial charge in [0.15, 0.2) is 5.69 Å². The van der Waals surface area contributed by atoms with Crippen molar-refractivity contribution < 1.29 is 9.59 Å². The molecule has 9 nitrogen and oxygen atoms in total. The fourth-order valence-corrected chi connectivity index (χ4v) is 3.23. The number of carbonyl (C=O) groups is 2. The predicted molar refractivity (Wildman–Crippen MR) is 118 cm³/mol. The van der Waals surface area contributed by atoms with Gasteiger partial charge in [0.25, 0.3) is 11.8 Å². The van der Waals surface area contributed by atoms with E-state index < -0.39 is 11.9 Å². The predicted octanol–water partition coefficient (Wildman–Crippen LogP) is 2.62. The van der Waals surface area contributed by atoms with Crippen LogP contribution in [0.5, 0.6) is 0 Å². The van der Waals surface area contributed by atoms with Gasteiger partial charge in [-0.2, -0.15) is 5.26 Å². The van der Waals surface area contributed by atoms with Crippen molar-refractivity contribution in [2.24, 2.45) is 0 Å². The molecule has 10 heteroatoms. The van der Waals surface area contributed by atoms with Crippen LogP contribution in [-0.2, 0) is 13.0 Å². The van der Waals surface area contributed by atoms with E-state index in [1.54, 1.807) is 13.0 Å². The summed E-state index contributed by atoms with van der Waals surface area (Å²) in [6.45, 7) is 4.34. The summed E-state index contributed by atoms with van der Waals surface area (Å²) in [5.74, 6) is -0.871. The maximum atomic E-state index is 12.5. The highest BCUT2D eigenvalue weighted by atomic mass is 35.5. The Morgan fingerprint density at radius 2 is 1.94 bits per heavy atom. The van der Waals surface area contributed by atoms with Gasteiger partial charge in [-0.3, -0.25) is 9.59 Å². The highest BCUT2D eigenvalue weighted by molar-refractivity contribution is 6.30. The lowest BCUT2D eigenvalue weighted by Gasteiger charge is -2.11. The highest BCUT2D eigenvalue weighted by Gasteiger charge is 2.18. The Bertz CT molecular complexity index is 1130. The van der Waals surface area contributed by atoms with Gasteiger partial charge in [-0.15, -0.1) is 5.10 Å². The smallest absolute Gasteiger partial charge is 0.274 e. The Hall–Kier alpha value is -3.77. The Morgan fingerprint density at radius 1 is 1.19 bits per heavy atom. The monoisotopic (exact) mass is 451 g/mol. The standard InChI is InChI=1S/C22H22ClN7O2/c1-3-15-4-6-16(7-5-15)19(12-24)27-22(32)20-13-30(29-28-20)9-8-25-21(31)18-11-17(23)10-14(2)26-18/h4-7,10-11,13,19H,3,8-9H2,1-2H3,(H,25,31)(H,27,32). The van der Waals surface area contributed by atoms with Crippen LogP contribution in [0.3, 0.4) is 0 Å². The molecule has 0 fully saturated rings. The van der Waals surface area contributed by atoms with Crippen molar-refractivity contribution in [2.45, 2.75) is 32.9 Å². The van der Waals surface area contributed by atoms with Crippen LogP contribution >= 0.6 is 11.6 Å². The van der Waals surface area contributed by atoms with E-state index in [1.807, 2.05) is 31.2 Å². The number of carbonyl (C=O) groups excluding carboxylic acids is 2. The third-order valence-electron chi connectivity index (χ3n) is 4.67. The molecule has 2 amide bonds. The van der Waals surface area contributed by atoms with E-state index in [2.05, 4.69) is 32.0 Å². The number of pyridine rings is 1. The maximum absolute atomic E-state index is 12.5. The zero-order valence-corrected chi connectivity index (χ0v) is 18.4. The van der Waals surface area contributed by atoms with Crippen molar-refractivity contribution in [3.63, 3.8) is 0 Å². The summed E-state index contributed by atoms with van der Waals surface area (Å²) in [6, 6.07) is 11.9. The minimum absolute atomic E-state index is 0.0777. The molecular formula is C22H22ClN7O2. The van der Waals surface area contributed by atoms with Gasteiger partial charge in [-0.1, -0.05) is 48.0 Å². The molecule has 32 heavy (non-hydrogen) atoms. The molecule has 1 aromatic carbocycles. The third-order valence-corrected chi connectivity index (χ3v) is 4.89. The Kier molecular flexibility index (Phi) is 7.52. The first-order chi connectivity index (χ1) is 15.4. The molecular weight excluding hydrogens is 430 g/mol. The van der Waals surface area contributed by atoms with Gasteiger partial charge in [0.2, 0.25) is 0 Å². The van der Waals surface area contributed by atoms with Gasteiger partial charge in [0.1, 0.15) is 11.7 Å². The number of halogens is 1. The molecule has 2 heterocycles. The number of benzene rings is 1. The number of nitrogens with one attached hydrogen (secondary N) is 2. The van der Waals surface area contributed by atoms with Crippen LogP contribution in [0, 0.1) is 18.3 Å². The minimum Gasteiger partial charge on any atom is -0.349 e. The fourth-order valence-electron chi connectivity index (χ4n) is 2.97. The molecule has 2 aromatic heterocycles. The average molecular weight is 452 g/mol. The van der Waals surface area contributed by atoms with E-state index >= 15 is 0 Å². The maximum Gasteiger partial charge on any atom is 0.274 e. The summed E-state index contributed by atoms with van der Waals surface area (Å²) in [7, 11) is 0. The molecule has 1 atom stereocenters. The number of aromatic nitrogens is 4. The molecule has 0 bridgehead atoms. The van der Waals surface area contributed by atoms with Gasteiger partial charge in [0.05, 0.1) is 18.8 Å². The number of hydrogen-bond donors (Lipinski definition) is 2. The molecule has 0 saturated heterocycles. The Labute approximate surface area is 190 Å². The van der Waals surface area contributed by atoms with E-state index in [1.165, 1.54) is 16.9 Å². The molecule has 0 radical (unpaired) electrons. The van der Waals surface area contributed by atoms with Crippen molar-refractivity contribution >= 4 is 23.4 Å². The second-order valence-electron chi connectivity index (χ2n) is 7.07. The van der Waals surface area contributed by atoms with E-state index in [0.29, 0.717) is 22.8 Å². The van der Waals surface area contributed by atoms with Gasteiger partial charge in [-0.25, -0.2) is 9.67 Å². The van der Waals surface area contributed by atoms with Crippen molar-refractivity contribution in [1.29, 1.82) is 5.26 Å². The van der Waals surface area contributed by atoms with Gasteiger partial charge >= 0.3 is 0 Å². The second-order valence-corrected chi connectivity index (χ2v) is 7.50. The molecule has 0 aliphatic carbocycles. The van der Waals surface area contributed by atoms with E-state index in [9.17, 15) is 14.9 Å². The molecule has 3 aromatic rings. The zero-order valence-electron chi connectivity index (χ0n) is 17.7. The number of nitrogens with zero attached hydrogens (tertiary/aromatic N) is 5. The summed E-state index contributed by atoms with van der Waals surface area (Å²) >= 11 is 5.96. The summed E-state index contributed by atoms with van der Waals surface area (Å²) < 4.78 is 1.43. The van der Waals surface area contributed by atoms with Crippen molar-refractivity contribution in [1.82, 2.24) is 30.6 Å². The molecule has 0 aliphatic rings. The normalized spacial score (nSPS) is 11.4. The first kappa shape index (κ1) is 22.9. The van der Waals surface area contributed by atoms with Gasteiger partial charge in [-0.05, 0) is 36.6 Å². The third kappa shape index (κ3) is 5.89. The number of rotatable bonds is 8. The molecule has 0 saturated carbocycles. The lowest BCUT2D eigenvalue weighted by atomic mass is 10.0. The first-order valence-electron chi connectivity index (χ1n) is 10.0. The summed E-state index contributed by atoms with van der Waals surface area (Å²) in [4.78, 5) is 28.8. The Balaban J connectivity index is 1.54. The van der Waals surface area contributed by atoms with Crippen LogP contribution in [0.1, 0.15) is 50.8 Å². The van der Waals surface area contributed by atoms with Crippen LogP contribution < -0.4 is 10.6 Å². The van der Waals surface area contributed by atoms with Crippen molar-refractivity contribution in [3.05, 3.63) is 75.8 Å². The van der Waals surface area contributed by atoms with Crippen LogP contribution in [0.15, 0.2) is 42.6 Å². The average Bonchev–Trinajstić information content (AvgIpc) is 3.26. The van der Waals surface area contributed by atoms with E-state index in [4.69, 9.17) is 11.6 Å². The van der Waals surface area contributed by atoms with Crippen LogP contribution in [0.25, 0.3) is 0 Å². The fraction of sp³-hybridized carbons (Fsp3) is 0.273. The van der Waals surface area contributed by atoms with E-state index in [-0.39, 0.29) is 23.8 Å². The molecule has 0 spiro atoms. The molecule has 2 N–H and O–H groups in total. The van der Waals surface area contributed by atoms with Crippen LogP contribution in [-0.4, -0.2) is 38.3 Å². The largest absolute Gasteiger partial charge is 0.349 e. The van der Waals surface area contributed by atoms with E-state index in [0.717, 1.165) is 12.0 Å². The number of aryl methyl sites for hydroxylation is 2. The lowest BCUT2D eigenvalue weighted by molar-refractivity contribution is 0.0934. The summed E-state index contributed by atoms with van der Waals surface area (Å²) in [5, 5.41) is 23.0. The molecule has 164 valence electrons. The number of amides is 2. The molecule has 0 aliphatic heterocycles. The summed E-state index contributed by atoms with van der Waals surface area (Å²) in [5.41, 5.74) is 2.79. The number of nitriles is 1. The minimum atomic E-state index is -0.800. The topological polar surface area (TPSA) is 126 Å². The SMILES string of the molecule is CCc1ccc(C(C#N)NC(=O)c2cn(CCNC(=O)c3cc(Cl)cc(C)n3)nn2)cc1. The van der Waals surface area contributed by atoms with Gasteiger partial charge in [0, 0.05) is 17.3 Å². The zero-order chi connectivity index (χ0) is 23.1. The van der Waals surface area contributed by atoms with Crippen LogP contribution in [0.4, 0.5) is 0 Å². The molecule has 3 rings (SSSR count). The van der Waals surface area contributed by atoms with Crippen molar-refractivity contribution in [2.75, 3.05) is 6.54 Å². The second kappa shape index (κ2) is 10.5. The van der Waals surface area contributed by atoms with Crippen LogP contribution in [0.2, 0.25) is 5.02 Å². The molecule has 1 unspecified atom stereocenters. The van der Waals surface area contributed by atoms with Gasteiger partial charge < -0.3 is 10.6 Å².